The van der Waals surface area contributed by atoms with Crippen molar-refractivity contribution in [2.45, 2.75) is 6.42 Å². The zero-order chi connectivity index (χ0) is 13.0. The highest BCUT2D eigenvalue weighted by Crippen LogP contribution is 2.23. The Morgan fingerprint density at radius 1 is 1.50 bits per heavy atom. The summed E-state index contributed by atoms with van der Waals surface area (Å²) in [5, 5.41) is 3.42. The van der Waals surface area contributed by atoms with Crippen LogP contribution in [-0.4, -0.2) is 22.4 Å². The van der Waals surface area contributed by atoms with Gasteiger partial charge < -0.3 is 10.3 Å². The molecule has 0 saturated carbocycles. The number of nitrogens with one attached hydrogen (secondary N) is 2. The first-order valence-corrected chi connectivity index (χ1v) is 6.54. The van der Waals surface area contributed by atoms with Crippen molar-refractivity contribution in [2.24, 2.45) is 0 Å². The SMILES string of the molecule is O=C(NCCc1cnc[nH]1)c1ccc(Cl)c(Br)c1. The summed E-state index contributed by atoms with van der Waals surface area (Å²) in [6.45, 7) is 0.557. The molecule has 0 aliphatic heterocycles. The molecule has 0 atom stereocenters. The summed E-state index contributed by atoms with van der Waals surface area (Å²) in [6, 6.07) is 5.09. The van der Waals surface area contributed by atoms with Crippen molar-refractivity contribution in [1.29, 1.82) is 0 Å². The van der Waals surface area contributed by atoms with Gasteiger partial charge >= 0.3 is 0 Å². The van der Waals surface area contributed by atoms with Crippen LogP contribution < -0.4 is 5.32 Å². The molecular weight excluding hydrogens is 318 g/mol. The van der Waals surface area contributed by atoms with E-state index >= 15 is 0 Å². The molecule has 2 N–H and O–H groups in total. The van der Waals surface area contributed by atoms with Crippen molar-refractivity contribution in [2.75, 3.05) is 6.54 Å². The second-order valence-electron chi connectivity index (χ2n) is 3.71. The largest absolute Gasteiger partial charge is 0.352 e. The predicted molar refractivity (Wildman–Crippen MR) is 73.8 cm³/mol. The molecule has 0 radical (unpaired) electrons. The fourth-order valence-electron chi connectivity index (χ4n) is 1.47. The molecule has 1 aromatic heterocycles. The lowest BCUT2D eigenvalue weighted by atomic mass is 10.2. The molecule has 0 fully saturated rings. The average molecular weight is 329 g/mol. The Balaban J connectivity index is 1.89. The van der Waals surface area contributed by atoms with E-state index < -0.39 is 0 Å². The summed E-state index contributed by atoms with van der Waals surface area (Å²) >= 11 is 9.16. The Hall–Kier alpha value is -1.33. The van der Waals surface area contributed by atoms with E-state index in [1.165, 1.54) is 0 Å². The molecule has 1 amide bonds. The maximum atomic E-state index is 11.8. The lowest BCUT2D eigenvalue weighted by molar-refractivity contribution is 0.0954. The van der Waals surface area contributed by atoms with Crippen molar-refractivity contribution >= 4 is 33.4 Å². The third-order valence-corrected chi connectivity index (χ3v) is 3.63. The van der Waals surface area contributed by atoms with E-state index in [1.54, 1.807) is 30.7 Å². The maximum Gasteiger partial charge on any atom is 0.251 e. The van der Waals surface area contributed by atoms with Crippen LogP contribution in [0.4, 0.5) is 0 Å². The molecule has 0 aliphatic rings. The van der Waals surface area contributed by atoms with Gasteiger partial charge in [0.05, 0.1) is 11.3 Å². The Bertz CT molecular complexity index is 542. The van der Waals surface area contributed by atoms with Gasteiger partial charge in [-0.15, -0.1) is 0 Å². The van der Waals surface area contributed by atoms with Crippen molar-refractivity contribution in [1.82, 2.24) is 15.3 Å². The second kappa shape index (κ2) is 6.02. The first-order valence-electron chi connectivity index (χ1n) is 5.37. The summed E-state index contributed by atoms with van der Waals surface area (Å²) < 4.78 is 0.713. The van der Waals surface area contributed by atoms with Gasteiger partial charge in [0.25, 0.3) is 5.91 Å². The monoisotopic (exact) mass is 327 g/mol. The molecule has 6 heteroatoms. The number of nitrogens with zero attached hydrogens (tertiary/aromatic N) is 1. The van der Waals surface area contributed by atoms with Crippen LogP contribution in [0.5, 0.6) is 0 Å². The van der Waals surface area contributed by atoms with E-state index in [-0.39, 0.29) is 5.91 Å². The van der Waals surface area contributed by atoms with Crippen LogP contribution in [-0.2, 0) is 6.42 Å². The number of imidazole rings is 1. The predicted octanol–water partition coefficient (Wildman–Crippen LogP) is 2.80. The van der Waals surface area contributed by atoms with Crippen LogP contribution in [0.1, 0.15) is 16.1 Å². The number of carbonyl (C=O) groups is 1. The molecule has 0 unspecified atom stereocenters. The quantitative estimate of drug-likeness (QED) is 0.906. The number of hydrogen-bond acceptors (Lipinski definition) is 2. The minimum atomic E-state index is -0.119. The first kappa shape index (κ1) is 13.1. The highest BCUT2D eigenvalue weighted by atomic mass is 79.9. The third-order valence-electron chi connectivity index (χ3n) is 2.42. The number of halogens is 2. The zero-order valence-corrected chi connectivity index (χ0v) is 11.8. The van der Waals surface area contributed by atoms with E-state index in [0.29, 0.717) is 21.6 Å². The van der Waals surface area contributed by atoms with Crippen LogP contribution in [0.15, 0.2) is 35.2 Å². The Labute approximate surface area is 118 Å². The fraction of sp³-hybridized carbons (Fsp3) is 0.167. The lowest BCUT2D eigenvalue weighted by Crippen LogP contribution is -2.25. The van der Waals surface area contributed by atoms with Gasteiger partial charge in [0, 0.05) is 34.9 Å². The van der Waals surface area contributed by atoms with Crippen molar-refractivity contribution in [3.8, 4) is 0 Å². The molecule has 2 rings (SSSR count). The first-order chi connectivity index (χ1) is 8.66. The van der Waals surface area contributed by atoms with Gasteiger partial charge in [0.2, 0.25) is 0 Å². The normalized spacial score (nSPS) is 10.3. The van der Waals surface area contributed by atoms with Gasteiger partial charge in [-0.05, 0) is 34.1 Å². The molecule has 1 aromatic carbocycles. The smallest absolute Gasteiger partial charge is 0.251 e. The topological polar surface area (TPSA) is 57.8 Å². The van der Waals surface area contributed by atoms with Crippen LogP contribution in [0, 0.1) is 0 Å². The molecule has 0 aliphatic carbocycles. The van der Waals surface area contributed by atoms with Gasteiger partial charge in [-0.3, -0.25) is 4.79 Å². The van der Waals surface area contributed by atoms with E-state index in [4.69, 9.17) is 11.6 Å². The number of aromatic nitrogens is 2. The second-order valence-corrected chi connectivity index (χ2v) is 4.97. The molecule has 0 spiro atoms. The molecule has 2 aromatic rings. The summed E-state index contributed by atoms with van der Waals surface area (Å²) in [5.74, 6) is -0.119. The summed E-state index contributed by atoms with van der Waals surface area (Å²) in [5.41, 5.74) is 1.57. The van der Waals surface area contributed by atoms with Crippen molar-refractivity contribution < 1.29 is 4.79 Å². The van der Waals surface area contributed by atoms with Gasteiger partial charge in [-0.2, -0.15) is 0 Å². The standard InChI is InChI=1S/C12H11BrClN3O/c13-10-5-8(1-2-11(10)14)12(18)16-4-3-9-6-15-7-17-9/h1-2,5-7H,3-4H2,(H,15,17)(H,16,18). The van der Waals surface area contributed by atoms with Crippen molar-refractivity contribution in [3.05, 3.63) is 51.5 Å². The van der Waals surface area contributed by atoms with Crippen LogP contribution in [0.3, 0.4) is 0 Å². The molecule has 4 nitrogen and oxygen atoms in total. The van der Waals surface area contributed by atoms with Crippen molar-refractivity contribution in [3.63, 3.8) is 0 Å². The van der Waals surface area contributed by atoms with E-state index in [9.17, 15) is 4.79 Å². The third kappa shape index (κ3) is 3.34. The van der Waals surface area contributed by atoms with Gasteiger partial charge in [0.1, 0.15) is 0 Å². The molecule has 1 heterocycles. The number of carbonyl (C=O) groups excluding carboxylic acids is 1. The van der Waals surface area contributed by atoms with Gasteiger partial charge in [-0.1, -0.05) is 11.6 Å². The van der Waals surface area contributed by atoms with Crippen LogP contribution >= 0.6 is 27.5 Å². The van der Waals surface area contributed by atoms with Crippen LogP contribution in [0.25, 0.3) is 0 Å². The molecule has 0 saturated heterocycles. The molecule has 18 heavy (non-hydrogen) atoms. The number of H-pyrrole nitrogens is 1. The average Bonchev–Trinajstić information content (AvgIpc) is 2.85. The molecular formula is C12H11BrClN3O. The summed E-state index contributed by atoms with van der Waals surface area (Å²) in [6.07, 6.45) is 4.08. The lowest BCUT2D eigenvalue weighted by Gasteiger charge is -2.05. The number of rotatable bonds is 4. The Morgan fingerprint density at radius 2 is 2.33 bits per heavy atom. The zero-order valence-electron chi connectivity index (χ0n) is 9.41. The Kier molecular flexibility index (Phi) is 4.38. The molecule has 94 valence electrons. The fourth-order valence-corrected chi connectivity index (χ4v) is 1.97. The highest BCUT2D eigenvalue weighted by Gasteiger charge is 2.07. The Morgan fingerprint density at radius 3 is 3.00 bits per heavy atom. The van der Waals surface area contributed by atoms with E-state index in [1.807, 2.05) is 0 Å². The minimum Gasteiger partial charge on any atom is -0.352 e. The number of aromatic amines is 1. The highest BCUT2D eigenvalue weighted by molar-refractivity contribution is 9.10. The number of benzene rings is 1. The number of hydrogen-bond donors (Lipinski definition) is 2. The maximum absolute atomic E-state index is 11.8. The van der Waals surface area contributed by atoms with E-state index in [0.717, 1.165) is 12.1 Å². The summed E-state index contributed by atoms with van der Waals surface area (Å²) in [4.78, 5) is 18.7. The van der Waals surface area contributed by atoms with Gasteiger partial charge in [-0.25, -0.2) is 4.98 Å². The van der Waals surface area contributed by atoms with Gasteiger partial charge in [0.15, 0.2) is 0 Å². The van der Waals surface area contributed by atoms with Crippen LogP contribution in [0.2, 0.25) is 5.02 Å². The van der Waals surface area contributed by atoms with E-state index in [2.05, 4.69) is 31.2 Å². The number of amides is 1. The summed E-state index contributed by atoms with van der Waals surface area (Å²) in [7, 11) is 0. The minimum absolute atomic E-state index is 0.119. The molecule has 0 bridgehead atoms.